The second kappa shape index (κ2) is 4.35. The van der Waals surface area contributed by atoms with Gasteiger partial charge in [0.15, 0.2) is 0 Å². The Morgan fingerprint density at radius 2 is 2.21 bits per heavy atom. The van der Waals surface area contributed by atoms with E-state index in [0.717, 1.165) is 0 Å². The summed E-state index contributed by atoms with van der Waals surface area (Å²) in [6, 6.07) is 1.17. The minimum Gasteiger partial charge on any atom is -0.398 e. The van der Waals surface area contributed by atoms with Crippen molar-refractivity contribution in [1.29, 1.82) is 0 Å². The maximum atomic E-state index is 12.4. The van der Waals surface area contributed by atoms with E-state index in [-0.39, 0.29) is 15.0 Å². The number of nitrogens with zero attached hydrogens (tertiary/aromatic N) is 1. The van der Waals surface area contributed by atoms with Gasteiger partial charge in [0.25, 0.3) is 11.7 Å². The lowest BCUT2D eigenvalue weighted by molar-refractivity contribution is 0.107. The summed E-state index contributed by atoms with van der Waals surface area (Å²) < 4.78 is 24.9. The summed E-state index contributed by atoms with van der Waals surface area (Å²) in [7, 11) is 0. The summed E-state index contributed by atoms with van der Waals surface area (Å²) in [5.41, 5.74) is 4.69. The number of carbonyl (C=O) groups excluding carboxylic acids is 1. The highest BCUT2D eigenvalue weighted by molar-refractivity contribution is 14.1. The van der Waals surface area contributed by atoms with Gasteiger partial charge in [0, 0.05) is 5.69 Å². The van der Waals surface area contributed by atoms with Crippen molar-refractivity contribution < 1.29 is 13.6 Å². The Balaban J connectivity index is 3.35. The molecule has 0 radical (unpaired) electrons. The first-order chi connectivity index (χ1) is 6.43. The van der Waals surface area contributed by atoms with Crippen LogP contribution in [0, 0.1) is 3.57 Å². The van der Waals surface area contributed by atoms with Crippen LogP contribution in [0.5, 0.6) is 0 Å². The topological polar surface area (TPSA) is 56.0 Å². The third kappa shape index (κ3) is 2.30. The van der Waals surface area contributed by atoms with Crippen LogP contribution in [0.2, 0.25) is 0 Å². The molecule has 0 saturated heterocycles. The van der Waals surface area contributed by atoms with Gasteiger partial charge in [0.1, 0.15) is 11.4 Å². The molecule has 0 fully saturated rings. The van der Waals surface area contributed by atoms with Crippen LogP contribution in [0.25, 0.3) is 0 Å². The molecule has 1 aromatic rings. The number of anilines is 1. The fraction of sp³-hybridized carbons (Fsp3) is 0.143. The van der Waals surface area contributed by atoms with E-state index in [1.807, 2.05) is 0 Å². The molecule has 1 rings (SSSR count). The van der Waals surface area contributed by atoms with Crippen molar-refractivity contribution >= 4 is 45.1 Å². The third-order valence-electron chi connectivity index (χ3n) is 1.42. The summed E-state index contributed by atoms with van der Waals surface area (Å²) in [5, 5.41) is -0.907. The Hall–Kier alpha value is -0.500. The molecule has 1 heterocycles. The molecule has 0 aliphatic rings. The van der Waals surface area contributed by atoms with Crippen molar-refractivity contribution in [1.82, 2.24) is 4.98 Å². The van der Waals surface area contributed by atoms with Crippen LogP contribution in [-0.4, -0.2) is 10.2 Å². The Labute approximate surface area is 96.8 Å². The normalized spacial score (nSPS) is 10.6. The number of aromatic nitrogens is 1. The summed E-state index contributed by atoms with van der Waals surface area (Å²) in [5.74, 6) is 0. The average Bonchev–Trinajstić information content (AvgIpc) is 2.08. The van der Waals surface area contributed by atoms with Gasteiger partial charge < -0.3 is 5.73 Å². The van der Waals surface area contributed by atoms with Crippen LogP contribution in [-0.2, 0) is 0 Å². The summed E-state index contributed by atoms with van der Waals surface area (Å²) in [6.45, 7) is 0. The van der Waals surface area contributed by atoms with Crippen LogP contribution < -0.4 is 5.73 Å². The maximum absolute atomic E-state index is 12.4. The number of nitrogens with two attached hydrogens (primary N) is 1. The highest BCUT2D eigenvalue weighted by Crippen LogP contribution is 2.27. The largest absolute Gasteiger partial charge is 0.398 e. The number of hydrogen-bond acceptors (Lipinski definition) is 3. The van der Waals surface area contributed by atoms with Crippen molar-refractivity contribution in [3.63, 3.8) is 0 Å². The molecule has 0 aromatic carbocycles. The van der Waals surface area contributed by atoms with Gasteiger partial charge in [-0.15, -0.1) is 0 Å². The Morgan fingerprint density at radius 1 is 1.64 bits per heavy atom. The minimum absolute atomic E-state index is 0.0694. The number of hydrogen-bond donors (Lipinski definition) is 1. The molecule has 0 bridgehead atoms. The maximum Gasteiger partial charge on any atom is 0.281 e. The van der Waals surface area contributed by atoms with Gasteiger partial charge >= 0.3 is 0 Å². The van der Waals surface area contributed by atoms with Crippen molar-refractivity contribution in [2.75, 3.05) is 5.73 Å². The predicted molar refractivity (Wildman–Crippen MR) is 56.5 cm³/mol. The van der Waals surface area contributed by atoms with Gasteiger partial charge in [-0.25, -0.2) is 13.8 Å². The number of rotatable bonds is 2. The van der Waals surface area contributed by atoms with E-state index in [1.54, 1.807) is 22.6 Å². The zero-order chi connectivity index (χ0) is 10.9. The smallest absolute Gasteiger partial charge is 0.281 e. The molecular weight excluding hydrogens is 328 g/mol. The van der Waals surface area contributed by atoms with Gasteiger partial charge in [-0.1, -0.05) is 0 Å². The van der Waals surface area contributed by atoms with Crippen LogP contribution in [0.1, 0.15) is 22.6 Å². The van der Waals surface area contributed by atoms with Crippen LogP contribution >= 0.6 is 34.2 Å². The van der Waals surface area contributed by atoms with E-state index in [1.165, 1.54) is 6.07 Å². The molecule has 14 heavy (non-hydrogen) atoms. The average molecular weight is 332 g/mol. The molecule has 2 N–H and O–H groups in total. The van der Waals surface area contributed by atoms with Gasteiger partial charge in [0.2, 0.25) is 0 Å². The van der Waals surface area contributed by atoms with Crippen molar-refractivity contribution in [3.05, 3.63) is 21.0 Å². The zero-order valence-corrected chi connectivity index (χ0v) is 9.51. The van der Waals surface area contributed by atoms with Crippen molar-refractivity contribution in [3.8, 4) is 0 Å². The van der Waals surface area contributed by atoms with E-state index in [0.29, 0.717) is 0 Å². The van der Waals surface area contributed by atoms with Gasteiger partial charge in [-0.05, 0) is 40.3 Å². The fourth-order valence-corrected chi connectivity index (χ4v) is 1.42. The molecule has 0 amide bonds. The highest BCUT2D eigenvalue weighted by atomic mass is 127. The van der Waals surface area contributed by atoms with E-state index < -0.39 is 17.4 Å². The van der Waals surface area contributed by atoms with E-state index in [4.69, 9.17) is 17.3 Å². The lowest BCUT2D eigenvalue weighted by Gasteiger charge is -2.06. The van der Waals surface area contributed by atoms with E-state index in [2.05, 4.69) is 4.98 Å². The molecule has 0 spiro atoms. The molecule has 0 atom stereocenters. The Bertz CT molecular complexity index is 386. The highest BCUT2D eigenvalue weighted by Gasteiger charge is 2.18. The van der Waals surface area contributed by atoms with Crippen LogP contribution in [0.15, 0.2) is 6.07 Å². The lowest BCUT2D eigenvalue weighted by Crippen LogP contribution is -2.05. The molecule has 1 aromatic heterocycles. The number of carbonyl (C=O) groups is 1. The first-order valence-corrected chi connectivity index (χ1v) is 4.83. The third-order valence-corrected chi connectivity index (χ3v) is 2.79. The lowest BCUT2D eigenvalue weighted by atomic mass is 10.3. The molecule has 0 aliphatic heterocycles. The van der Waals surface area contributed by atoms with Crippen LogP contribution in [0.4, 0.5) is 14.5 Å². The monoisotopic (exact) mass is 332 g/mol. The summed E-state index contributed by atoms with van der Waals surface area (Å²) in [4.78, 5) is 14.1. The predicted octanol–water partition coefficient (Wildman–Crippen LogP) is 2.58. The minimum atomic E-state index is -2.78. The SMILES string of the molecule is Nc1cc(C(=O)Cl)nc(C(F)F)c1I. The zero-order valence-electron chi connectivity index (χ0n) is 6.60. The number of alkyl halides is 2. The molecule has 7 heteroatoms. The second-order valence-electron chi connectivity index (χ2n) is 2.37. The molecule has 76 valence electrons. The van der Waals surface area contributed by atoms with E-state index in [9.17, 15) is 13.6 Å². The van der Waals surface area contributed by atoms with Gasteiger partial charge in [-0.2, -0.15) is 0 Å². The number of pyridine rings is 1. The van der Waals surface area contributed by atoms with E-state index >= 15 is 0 Å². The fourth-order valence-electron chi connectivity index (χ4n) is 0.815. The van der Waals surface area contributed by atoms with Gasteiger partial charge in [-0.3, -0.25) is 4.79 Å². The van der Waals surface area contributed by atoms with Crippen molar-refractivity contribution in [2.24, 2.45) is 0 Å². The summed E-state index contributed by atoms with van der Waals surface area (Å²) in [6.07, 6.45) is -2.78. The Kier molecular flexibility index (Phi) is 3.59. The standard InChI is InChI=1S/C7H4ClF2IN2O/c8-6(14)3-1-2(12)4(11)5(13-3)7(9)10/h1,7H,(H2,12,13). The first-order valence-electron chi connectivity index (χ1n) is 3.37. The first kappa shape index (κ1) is 11.6. The Morgan fingerprint density at radius 3 is 2.64 bits per heavy atom. The summed E-state index contributed by atoms with van der Waals surface area (Å²) >= 11 is 6.74. The second-order valence-corrected chi connectivity index (χ2v) is 3.79. The van der Waals surface area contributed by atoms with Crippen LogP contribution in [0.3, 0.4) is 0 Å². The molecule has 3 nitrogen and oxygen atoms in total. The molecule has 0 aliphatic carbocycles. The molecule has 0 unspecified atom stereocenters. The molecular formula is C7H4ClF2IN2O. The van der Waals surface area contributed by atoms with Crippen molar-refractivity contribution in [2.45, 2.75) is 6.43 Å². The molecule has 0 saturated carbocycles. The quantitative estimate of drug-likeness (QED) is 0.669. The number of nitrogen functional groups attached to an aromatic ring is 1. The van der Waals surface area contributed by atoms with Gasteiger partial charge in [0.05, 0.1) is 3.57 Å². The number of halogens is 4.